The molecule has 0 atom stereocenters. The molecule has 6 rings (SSSR count). The highest BCUT2D eigenvalue weighted by atomic mass is 15.1. The molecule has 6 aromatic rings. The fourth-order valence-corrected chi connectivity index (χ4v) is 5.74. The summed E-state index contributed by atoms with van der Waals surface area (Å²) in [6.07, 6.45) is 5.39. The Balaban J connectivity index is 1.53. The Hall–Kier alpha value is -5.14. The fourth-order valence-electron chi connectivity index (χ4n) is 5.74. The fraction of sp³-hybridized carbons (Fsp3) is 0.0732. The summed E-state index contributed by atoms with van der Waals surface area (Å²) in [7, 11) is 0. The molecule has 0 aliphatic rings. The second kappa shape index (κ2) is 12.6. The van der Waals surface area contributed by atoms with Gasteiger partial charge in [0.1, 0.15) is 0 Å². The van der Waals surface area contributed by atoms with Gasteiger partial charge in [0, 0.05) is 17.1 Å². The first-order valence-corrected chi connectivity index (χ1v) is 14.7. The van der Waals surface area contributed by atoms with Gasteiger partial charge in [-0.25, -0.2) is 0 Å². The van der Waals surface area contributed by atoms with E-state index >= 15 is 0 Å². The van der Waals surface area contributed by atoms with Crippen molar-refractivity contribution in [3.63, 3.8) is 0 Å². The predicted octanol–water partition coefficient (Wildman–Crippen LogP) is 11.8. The zero-order chi connectivity index (χ0) is 28.7. The van der Waals surface area contributed by atoms with E-state index in [9.17, 15) is 0 Å². The predicted molar refractivity (Wildman–Crippen MR) is 182 cm³/mol. The minimum atomic E-state index is 0.993. The van der Waals surface area contributed by atoms with Gasteiger partial charge in [-0.2, -0.15) is 0 Å². The summed E-state index contributed by atoms with van der Waals surface area (Å²) < 4.78 is 0. The zero-order valence-corrected chi connectivity index (χ0v) is 24.2. The maximum absolute atomic E-state index is 2.35. The van der Waals surface area contributed by atoms with Gasteiger partial charge in [0.15, 0.2) is 0 Å². The van der Waals surface area contributed by atoms with Crippen molar-refractivity contribution in [1.82, 2.24) is 0 Å². The van der Waals surface area contributed by atoms with Crippen molar-refractivity contribution in [2.75, 3.05) is 4.90 Å². The molecular weight excluding hydrogens is 506 g/mol. The van der Waals surface area contributed by atoms with E-state index in [0.29, 0.717) is 0 Å². The Morgan fingerprint density at radius 3 is 1.69 bits per heavy atom. The molecule has 42 heavy (non-hydrogen) atoms. The molecule has 204 valence electrons. The molecular formula is C41H35N. The van der Waals surface area contributed by atoms with Crippen LogP contribution in [0.2, 0.25) is 0 Å². The van der Waals surface area contributed by atoms with Crippen molar-refractivity contribution in [3.8, 4) is 33.4 Å². The summed E-state index contributed by atoms with van der Waals surface area (Å²) in [6, 6.07) is 54.4. The van der Waals surface area contributed by atoms with E-state index in [1.165, 1.54) is 44.5 Å². The summed E-state index contributed by atoms with van der Waals surface area (Å²) in [6.45, 7) is 4.33. The van der Waals surface area contributed by atoms with Crippen molar-refractivity contribution in [1.29, 1.82) is 0 Å². The van der Waals surface area contributed by atoms with Crippen LogP contribution in [0, 0.1) is 0 Å². The van der Waals surface area contributed by atoms with Gasteiger partial charge in [0.25, 0.3) is 0 Å². The van der Waals surface area contributed by atoms with Crippen LogP contribution in [-0.4, -0.2) is 0 Å². The van der Waals surface area contributed by atoms with Crippen LogP contribution < -0.4 is 4.90 Å². The minimum Gasteiger partial charge on any atom is -0.310 e. The molecule has 6 aromatic carbocycles. The molecule has 0 aliphatic heterocycles. The maximum Gasteiger partial charge on any atom is 0.0468 e. The van der Waals surface area contributed by atoms with E-state index in [1.807, 2.05) is 0 Å². The Morgan fingerprint density at radius 2 is 1.05 bits per heavy atom. The topological polar surface area (TPSA) is 3.24 Å². The zero-order valence-electron chi connectivity index (χ0n) is 24.2. The second-order valence-corrected chi connectivity index (χ2v) is 10.4. The van der Waals surface area contributed by atoms with Crippen molar-refractivity contribution in [3.05, 3.63) is 169 Å². The summed E-state index contributed by atoms with van der Waals surface area (Å²) in [5.74, 6) is 0. The molecule has 0 aliphatic carbocycles. The number of hydrogen-bond donors (Lipinski definition) is 0. The molecule has 0 unspecified atom stereocenters. The van der Waals surface area contributed by atoms with Crippen LogP contribution in [0.4, 0.5) is 17.1 Å². The smallest absolute Gasteiger partial charge is 0.0468 e. The van der Waals surface area contributed by atoms with Crippen molar-refractivity contribution < 1.29 is 0 Å². The first-order valence-electron chi connectivity index (χ1n) is 14.7. The largest absolute Gasteiger partial charge is 0.310 e. The molecule has 0 saturated carbocycles. The van der Waals surface area contributed by atoms with Crippen LogP contribution in [0.3, 0.4) is 0 Å². The molecule has 1 heteroatoms. The number of allylic oxidation sites excluding steroid dienone is 1. The first kappa shape index (κ1) is 27.1. The van der Waals surface area contributed by atoms with Crippen LogP contribution in [-0.2, 0) is 6.42 Å². The highest BCUT2D eigenvalue weighted by molar-refractivity contribution is 5.92. The normalized spacial score (nSPS) is 11.1. The third kappa shape index (κ3) is 5.55. The third-order valence-corrected chi connectivity index (χ3v) is 7.79. The van der Waals surface area contributed by atoms with Crippen LogP contribution in [0.1, 0.15) is 25.0 Å². The summed E-state index contributed by atoms with van der Waals surface area (Å²) in [5, 5.41) is 0. The van der Waals surface area contributed by atoms with Gasteiger partial charge in [-0.1, -0.05) is 134 Å². The van der Waals surface area contributed by atoms with E-state index in [1.54, 1.807) is 0 Å². The van der Waals surface area contributed by atoms with E-state index in [0.717, 1.165) is 23.5 Å². The Morgan fingerprint density at radius 1 is 0.476 bits per heavy atom. The molecule has 0 amide bonds. The number of benzene rings is 6. The lowest BCUT2D eigenvalue weighted by Gasteiger charge is -2.27. The van der Waals surface area contributed by atoms with Crippen LogP contribution >= 0.6 is 0 Å². The third-order valence-electron chi connectivity index (χ3n) is 7.79. The molecule has 1 nitrogen and oxygen atoms in total. The van der Waals surface area contributed by atoms with Gasteiger partial charge < -0.3 is 4.90 Å². The van der Waals surface area contributed by atoms with Crippen molar-refractivity contribution in [2.24, 2.45) is 0 Å². The highest BCUT2D eigenvalue weighted by Crippen LogP contribution is 2.42. The van der Waals surface area contributed by atoms with Crippen molar-refractivity contribution >= 4 is 23.1 Å². The molecule has 0 N–H and O–H groups in total. The number of anilines is 3. The number of hydrogen-bond acceptors (Lipinski definition) is 1. The van der Waals surface area contributed by atoms with E-state index < -0.39 is 0 Å². The van der Waals surface area contributed by atoms with E-state index in [-0.39, 0.29) is 0 Å². The van der Waals surface area contributed by atoms with Gasteiger partial charge >= 0.3 is 0 Å². The SMILES string of the molecule is C/C=C\c1c(CC)cccc1-c1ccc(N(c2ccccc2)c2ccc(-c3ccccc3)cc2)cc1-c1ccccc1. The van der Waals surface area contributed by atoms with Crippen LogP contribution in [0.25, 0.3) is 39.5 Å². The standard InChI is InChI=1S/C41H35N/c1-3-15-38-31(4-2)20-14-23-39(38)40-29-28-37(30-41(40)34-18-10-6-11-19-34)42(35-21-12-7-13-22-35)36-26-24-33(25-27-36)32-16-8-5-9-17-32/h3,5-30H,4H2,1-2H3/b15-3-. The number of rotatable bonds is 8. The highest BCUT2D eigenvalue weighted by Gasteiger charge is 2.18. The molecule has 0 aromatic heterocycles. The van der Waals surface area contributed by atoms with Gasteiger partial charge in [0.05, 0.1) is 0 Å². The molecule has 0 bridgehead atoms. The lowest BCUT2D eigenvalue weighted by atomic mass is 9.88. The summed E-state index contributed by atoms with van der Waals surface area (Å²) in [4.78, 5) is 2.35. The second-order valence-electron chi connectivity index (χ2n) is 10.4. The summed E-state index contributed by atoms with van der Waals surface area (Å²) >= 11 is 0. The van der Waals surface area contributed by atoms with Crippen molar-refractivity contribution in [2.45, 2.75) is 20.3 Å². The lowest BCUT2D eigenvalue weighted by Crippen LogP contribution is -2.10. The van der Waals surface area contributed by atoms with Crippen LogP contribution in [0.5, 0.6) is 0 Å². The quantitative estimate of drug-likeness (QED) is 0.185. The average molecular weight is 542 g/mol. The minimum absolute atomic E-state index is 0.993. The average Bonchev–Trinajstić information content (AvgIpc) is 3.07. The van der Waals surface area contributed by atoms with E-state index in [2.05, 4.69) is 183 Å². The Labute approximate surface area is 250 Å². The van der Waals surface area contributed by atoms with Gasteiger partial charge in [-0.15, -0.1) is 0 Å². The van der Waals surface area contributed by atoms with Crippen LogP contribution in [0.15, 0.2) is 158 Å². The molecule has 0 heterocycles. The monoisotopic (exact) mass is 541 g/mol. The Kier molecular flexibility index (Phi) is 8.10. The molecule has 0 fully saturated rings. The number of nitrogens with zero attached hydrogens (tertiary/aromatic N) is 1. The number of aryl methyl sites for hydroxylation is 1. The molecule has 0 saturated heterocycles. The molecule has 0 radical (unpaired) electrons. The molecule has 0 spiro atoms. The first-order chi connectivity index (χ1) is 20.8. The van der Waals surface area contributed by atoms with E-state index in [4.69, 9.17) is 0 Å². The van der Waals surface area contributed by atoms with Gasteiger partial charge in [0.2, 0.25) is 0 Å². The maximum atomic E-state index is 2.35. The van der Waals surface area contributed by atoms with Gasteiger partial charge in [-0.05, 0) is 94.3 Å². The van der Waals surface area contributed by atoms with Gasteiger partial charge in [-0.3, -0.25) is 0 Å². The Bertz CT molecular complexity index is 1780. The number of para-hydroxylation sites is 1. The lowest BCUT2D eigenvalue weighted by molar-refractivity contribution is 1.13. The summed E-state index contributed by atoms with van der Waals surface area (Å²) in [5.41, 5.74) is 13.4.